The van der Waals surface area contributed by atoms with Crippen LogP contribution in [0.25, 0.3) is 0 Å². The Kier molecular flexibility index (Phi) is 21.6. The zero-order valence-electron chi connectivity index (χ0n) is 34.2. The number of pyridine rings is 2. The number of alkyl halides is 4. The molecule has 3 heterocycles. The number of ether oxygens (including phenoxy) is 3. The number of nitriles is 2. The van der Waals surface area contributed by atoms with Crippen LogP contribution in [0, 0.1) is 45.9 Å². The average Bonchev–Trinajstić information content (AvgIpc) is 4.14. The van der Waals surface area contributed by atoms with Crippen molar-refractivity contribution in [2.24, 2.45) is 0 Å². The molecular weight excluding hydrogens is 1480 g/mol. The monoisotopic (exact) mass is 1510 g/mol. The van der Waals surface area contributed by atoms with E-state index in [0.29, 0.717) is 54.1 Å². The van der Waals surface area contributed by atoms with Crippen molar-refractivity contribution in [3.05, 3.63) is 178 Å². The van der Waals surface area contributed by atoms with E-state index in [1.807, 2.05) is 17.6 Å². The van der Waals surface area contributed by atoms with Crippen LogP contribution in [-0.4, -0.2) is 34.1 Å². The number of rotatable bonds is 13. The van der Waals surface area contributed by atoms with Crippen molar-refractivity contribution in [3.8, 4) is 35.1 Å². The van der Waals surface area contributed by atoms with Gasteiger partial charge < -0.3 is 19.3 Å². The number of amides is 1. The van der Waals surface area contributed by atoms with E-state index >= 15 is 17.6 Å². The van der Waals surface area contributed by atoms with Gasteiger partial charge >= 0.3 is 62.3 Å². The summed E-state index contributed by atoms with van der Waals surface area (Å²) in [6.07, 6.45) is 2.09. The Morgan fingerprint density at radius 2 is 1.19 bits per heavy atom. The maximum atomic E-state index is 15.5. The minimum atomic E-state index is -4.20. The van der Waals surface area contributed by atoms with Crippen LogP contribution < -0.4 is 33.6 Å². The van der Waals surface area contributed by atoms with Gasteiger partial charge in [-0.1, -0.05) is 6.07 Å². The molecular formula is C44H30F8I5N6O5-. The number of aromatic nitrogens is 2. The van der Waals surface area contributed by atoms with Gasteiger partial charge in [0.15, 0.2) is 11.2 Å². The molecule has 11 nitrogen and oxygen atoms in total. The number of halogens is 13. The van der Waals surface area contributed by atoms with Gasteiger partial charge in [0, 0.05) is 67.4 Å². The predicted molar refractivity (Wildman–Crippen MR) is 261 cm³/mol. The number of aliphatic hydroxyl groups is 1. The number of hydrogen-bond acceptors (Lipinski definition) is 10. The van der Waals surface area contributed by atoms with E-state index in [9.17, 15) is 27.5 Å². The maximum Gasteiger partial charge on any atom is 0.324 e. The topological polar surface area (TPSA) is 166 Å². The minimum Gasteiger partial charge on any atom is -0.456 e. The third-order valence-electron chi connectivity index (χ3n) is 9.37. The Morgan fingerprint density at radius 1 is 0.750 bits per heavy atom. The summed E-state index contributed by atoms with van der Waals surface area (Å²) in [6.45, 7) is -0.363. The molecule has 1 aliphatic heterocycles. The van der Waals surface area contributed by atoms with Crippen LogP contribution in [-0.2, 0) is 32.6 Å². The van der Waals surface area contributed by atoms with Gasteiger partial charge in [-0.25, -0.2) is 23.0 Å². The maximum absolute atomic E-state index is 15.5. The SMILES string of the molecule is CC(=O)NNCC(O)(c1ccc(F)cc1F)C(F)(F)c1ccc(Oc2ccc(C#N)cc2)cn1.II.I[I-]I.N#Cc1ccc(Oc2ccc(C(F)(F)C3(c4ccc(F)cc4F)CO3)nc2)cc1. The van der Waals surface area contributed by atoms with Crippen LogP contribution in [0.15, 0.2) is 122 Å². The largest absolute Gasteiger partial charge is 0.456 e. The molecule has 6 aromatic rings. The first-order valence-corrected chi connectivity index (χ1v) is 37.5. The molecule has 2 unspecified atom stereocenters. The summed E-state index contributed by atoms with van der Waals surface area (Å²) in [5, 5.41) is 28.6. The van der Waals surface area contributed by atoms with Crippen molar-refractivity contribution in [2.45, 2.75) is 30.0 Å². The first kappa shape index (κ1) is 56.8. The van der Waals surface area contributed by atoms with Crippen LogP contribution in [0.3, 0.4) is 0 Å². The molecule has 1 amide bonds. The Balaban J connectivity index is 0.000000273. The van der Waals surface area contributed by atoms with Crippen molar-refractivity contribution >= 4 is 80.4 Å². The fourth-order valence-electron chi connectivity index (χ4n) is 6.03. The molecule has 358 valence electrons. The van der Waals surface area contributed by atoms with E-state index in [1.165, 1.54) is 30.3 Å². The molecule has 24 heteroatoms. The summed E-state index contributed by atoms with van der Waals surface area (Å²) >= 11 is 9.54. The quantitative estimate of drug-likeness (QED) is 0.0440. The first-order valence-electron chi connectivity index (χ1n) is 18.7. The number of hydrogen-bond donors (Lipinski definition) is 3. The first-order chi connectivity index (χ1) is 32.3. The fourth-order valence-corrected chi connectivity index (χ4v) is 6.03. The number of hydrazine groups is 1. The van der Waals surface area contributed by atoms with E-state index in [2.05, 4.69) is 89.9 Å². The van der Waals surface area contributed by atoms with Crippen molar-refractivity contribution in [1.82, 2.24) is 20.8 Å². The fraction of sp³-hybridized carbons (Fsp3) is 0.159. The molecule has 0 spiro atoms. The second kappa shape index (κ2) is 25.9. The Labute approximate surface area is 436 Å². The summed E-state index contributed by atoms with van der Waals surface area (Å²) < 4.78 is 132. The number of nitrogens with one attached hydrogen (secondary N) is 2. The van der Waals surface area contributed by atoms with Gasteiger partial charge in [0.25, 0.3) is 0 Å². The third kappa shape index (κ3) is 14.2. The van der Waals surface area contributed by atoms with Crippen molar-refractivity contribution in [3.63, 3.8) is 0 Å². The van der Waals surface area contributed by atoms with E-state index < -0.39 is 87.9 Å². The van der Waals surface area contributed by atoms with Crippen molar-refractivity contribution < 1.29 is 72.5 Å². The van der Waals surface area contributed by atoms with E-state index in [1.54, 1.807) is 24.3 Å². The Morgan fingerprint density at radius 3 is 1.59 bits per heavy atom. The minimum absolute atomic E-state index is 0.0807. The van der Waals surface area contributed by atoms with Gasteiger partial charge in [0.1, 0.15) is 57.7 Å². The van der Waals surface area contributed by atoms with Crippen LogP contribution >= 0.6 is 74.5 Å². The zero-order chi connectivity index (χ0) is 50.3. The van der Waals surface area contributed by atoms with Gasteiger partial charge in [0.2, 0.25) is 5.91 Å². The summed E-state index contributed by atoms with van der Waals surface area (Å²) in [5.74, 6) is -11.9. The van der Waals surface area contributed by atoms with Gasteiger partial charge in [0.05, 0.1) is 48.8 Å². The molecule has 2 aromatic heterocycles. The average molecular weight is 1510 g/mol. The molecule has 2 atom stereocenters. The molecule has 7 rings (SSSR count). The second-order valence-electron chi connectivity index (χ2n) is 13.7. The zero-order valence-corrected chi connectivity index (χ0v) is 45.0. The van der Waals surface area contributed by atoms with Crippen molar-refractivity contribution in [2.75, 3.05) is 13.2 Å². The number of carbonyl (C=O) groups is 1. The molecule has 1 aliphatic rings. The van der Waals surface area contributed by atoms with Gasteiger partial charge in [-0.05, 0) is 91.0 Å². The van der Waals surface area contributed by atoms with Crippen LogP contribution in [0.1, 0.15) is 40.6 Å². The normalized spacial score (nSPS) is 14.6. The molecule has 68 heavy (non-hydrogen) atoms. The van der Waals surface area contributed by atoms with Crippen LogP contribution in [0.2, 0.25) is 0 Å². The second-order valence-corrected chi connectivity index (χ2v) is 29.9. The standard InChI is InChI=1S/C23H18F4N4O3.C21H12F4N2O2.I3.I2/c1-14(32)31-30-13-22(33,19-8-4-16(24)10-20(19)25)23(26,27)21-9-7-18(12-29-21)34-17-5-2-15(11-28)3-6-17;22-14-3-7-17(18(23)9-14)20(12-28-20)21(24,25)19-8-6-16(11-27-19)29-15-4-1-13(10-26)2-5-15;1-3-2;1-2/h2-10,12,30,33H,13H2,1H3,(H,31,32);1-9,11H,12H2;;/q;;-1;. The molecule has 1 saturated heterocycles. The molecule has 0 saturated carbocycles. The van der Waals surface area contributed by atoms with E-state index in [-0.39, 0.29) is 11.5 Å². The molecule has 0 radical (unpaired) electrons. The Hall–Kier alpha value is -3.80. The molecule has 3 N–H and O–H groups in total. The summed E-state index contributed by atoms with van der Waals surface area (Å²) in [7, 11) is 0. The van der Waals surface area contributed by atoms with Gasteiger partial charge in [-0.2, -0.15) is 28.1 Å². The molecule has 1 fully saturated rings. The summed E-state index contributed by atoms with van der Waals surface area (Å²) in [5.41, 5.74) is -3.38. The predicted octanol–water partition coefficient (Wildman–Crippen LogP) is 9.23. The molecule has 0 bridgehead atoms. The molecule has 4 aromatic carbocycles. The number of benzene rings is 4. The third-order valence-corrected chi connectivity index (χ3v) is 9.37. The van der Waals surface area contributed by atoms with Gasteiger partial charge in [-0.15, -0.1) is 0 Å². The summed E-state index contributed by atoms with van der Waals surface area (Å²) in [4.78, 5) is 18.5. The van der Waals surface area contributed by atoms with E-state index in [0.717, 1.165) is 55.7 Å². The number of carbonyl (C=O) groups excluding carboxylic acids is 1. The van der Waals surface area contributed by atoms with E-state index in [4.69, 9.17) is 24.7 Å². The van der Waals surface area contributed by atoms with Gasteiger partial charge in [-0.3, -0.25) is 20.2 Å². The van der Waals surface area contributed by atoms with Crippen molar-refractivity contribution in [1.29, 1.82) is 10.5 Å². The number of nitrogens with zero attached hydrogens (tertiary/aromatic N) is 4. The number of epoxide rings is 1. The Bertz CT molecular complexity index is 2720. The smallest absolute Gasteiger partial charge is 0.324 e. The summed E-state index contributed by atoms with van der Waals surface area (Å²) in [6, 6.07) is 24.7. The molecule has 0 aliphatic carbocycles. The van der Waals surface area contributed by atoms with Crippen LogP contribution in [0.5, 0.6) is 23.0 Å². The van der Waals surface area contributed by atoms with Crippen LogP contribution in [0.4, 0.5) is 35.1 Å².